The molecule has 120 valence electrons. The molecule has 0 aromatic heterocycles. The van der Waals surface area contributed by atoms with Gasteiger partial charge in [-0.25, -0.2) is 0 Å². The fourth-order valence-electron chi connectivity index (χ4n) is 3.58. The maximum absolute atomic E-state index is 12.7. The van der Waals surface area contributed by atoms with E-state index in [1.54, 1.807) is 0 Å². The fraction of sp³-hybridized carbons (Fsp3) is 0.882. The van der Waals surface area contributed by atoms with Crippen molar-refractivity contribution in [3.05, 3.63) is 0 Å². The summed E-state index contributed by atoms with van der Waals surface area (Å²) in [6.07, 6.45) is 7.79. The van der Waals surface area contributed by atoms with Gasteiger partial charge < -0.3 is 10.0 Å². The van der Waals surface area contributed by atoms with Crippen molar-refractivity contribution in [3.63, 3.8) is 0 Å². The van der Waals surface area contributed by atoms with Crippen LogP contribution in [0.4, 0.5) is 0 Å². The third kappa shape index (κ3) is 4.72. The average molecular weight is 295 g/mol. The van der Waals surface area contributed by atoms with E-state index in [2.05, 4.69) is 13.8 Å². The molecule has 4 nitrogen and oxygen atoms in total. The highest BCUT2D eigenvalue weighted by Gasteiger charge is 2.41. The zero-order valence-electron chi connectivity index (χ0n) is 13.4. The summed E-state index contributed by atoms with van der Waals surface area (Å²) in [5.74, 6) is 0.0321. The molecule has 2 rings (SSSR count). The van der Waals surface area contributed by atoms with E-state index in [1.165, 1.54) is 0 Å². The number of rotatable bonds is 8. The van der Waals surface area contributed by atoms with Crippen molar-refractivity contribution in [2.45, 2.75) is 77.7 Å². The van der Waals surface area contributed by atoms with Crippen LogP contribution in [0, 0.1) is 11.3 Å². The number of hydrogen-bond acceptors (Lipinski definition) is 2. The van der Waals surface area contributed by atoms with Crippen molar-refractivity contribution in [2.24, 2.45) is 11.3 Å². The van der Waals surface area contributed by atoms with Crippen LogP contribution < -0.4 is 0 Å². The number of amides is 1. The van der Waals surface area contributed by atoms with Gasteiger partial charge in [0.1, 0.15) is 0 Å². The number of carbonyl (C=O) groups is 2. The molecule has 0 saturated heterocycles. The molecule has 2 fully saturated rings. The third-order valence-electron chi connectivity index (χ3n) is 4.97. The molecule has 4 heteroatoms. The van der Waals surface area contributed by atoms with Gasteiger partial charge >= 0.3 is 5.97 Å². The number of hydrogen-bond donors (Lipinski definition) is 1. The predicted octanol–water partition coefficient (Wildman–Crippen LogP) is 3.45. The Morgan fingerprint density at radius 1 is 1.19 bits per heavy atom. The molecule has 2 aliphatic rings. The van der Waals surface area contributed by atoms with E-state index in [1.807, 2.05) is 4.90 Å². The van der Waals surface area contributed by atoms with Gasteiger partial charge in [-0.2, -0.15) is 0 Å². The number of aliphatic carboxylic acids is 1. The lowest BCUT2D eigenvalue weighted by molar-refractivity contribution is -0.141. The first kappa shape index (κ1) is 16.3. The van der Waals surface area contributed by atoms with Crippen LogP contribution in [0.2, 0.25) is 0 Å². The van der Waals surface area contributed by atoms with Crippen molar-refractivity contribution in [2.75, 3.05) is 6.54 Å². The maximum Gasteiger partial charge on any atom is 0.303 e. The minimum absolute atomic E-state index is 0.154. The first-order chi connectivity index (χ1) is 9.92. The van der Waals surface area contributed by atoms with Crippen LogP contribution in [0.3, 0.4) is 0 Å². The average Bonchev–Trinajstić information content (AvgIpc) is 3.10. The van der Waals surface area contributed by atoms with Gasteiger partial charge in [-0.1, -0.05) is 26.7 Å². The minimum Gasteiger partial charge on any atom is -0.481 e. The number of carboxylic acids is 1. The van der Waals surface area contributed by atoms with E-state index >= 15 is 0 Å². The second-order valence-electron chi connectivity index (χ2n) is 7.46. The SMILES string of the molecule is CC(C)CCN(C(=O)CC1(CC(=O)O)CCCC1)C1CC1. The van der Waals surface area contributed by atoms with Gasteiger partial charge in [0.05, 0.1) is 6.42 Å². The third-order valence-corrected chi connectivity index (χ3v) is 4.97. The fourth-order valence-corrected chi connectivity index (χ4v) is 3.58. The normalized spacial score (nSPS) is 20.7. The summed E-state index contributed by atoms with van der Waals surface area (Å²) in [6.45, 7) is 5.20. The van der Waals surface area contributed by atoms with Crippen molar-refractivity contribution < 1.29 is 14.7 Å². The molecule has 0 atom stereocenters. The Hall–Kier alpha value is -1.06. The van der Waals surface area contributed by atoms with Crippen molar-refractivity contribution in [1.29, 1.82) is 0 Å². The first-order valence-corrected chi connectivity index (χ1v) is 8.43. The molecule has 0 heterocycles. The summed E-state index contributed by atoms with van der Waals surface area (Å²) in [6, 6.07) is 0.430. The van der Waals surface area contributed by atoms with Crippen molar-refractivity contribution >= 4 is 11.9 Å². The molecule has 0 unspecified atom stereocenters. The molecular weight excluding hydrogens is 266 g/mol. The minimum atomic E-state index is -0.759. The molecule has 0 aliphatic heterocycles. The molecule has 0 aromatic carbocycles. The van der Waals surface area contributed by atoms with Gasteiger partial charge in [-0.15, -0.1) is 0 Å². The lowest BCUT2D eigenvalue weighted by Gasteiger charge is -2.31. The monoisotopic (exact) mass is 295 g/mol. The van der Waals surface area contributed by atoms with Crippen LogP contribution in [-0.4, -0.2) is 34.5 Å². The molecule has 2 saturated carbocycles. The van der Waals surface area contributed by atoms with Crippen LogP contribution in [0.25, 0.3) is 0 Å². The number of carboxylic acid groups (broad SMARTS) is 1. The van der Waals surface area contributed by atoms with Crippen molar-refractivity contribution in [3.8, 4) is 0 Å². The van der Waals surface area contributed by atoms with Gasteiger partial charge in [0.2, 0.25) is 5.91 Å². The summed E-state index contributed by atoms with van der Waals surface area (Å²) in [7, 11) is 0. The largest absolute Gasteiger partial charge is 0.481 e. The van der Waals surface area contributed by atoms with E-state index in [0.29, 0.717) is 18.4 Å². The zero-order valence-corrected chi connectivity index (χ0v) is 13.4. The van der Waals surface area contributed by atoms with Gasteiger partial charge in [0.15, 0.2) is 0 Å². The Labute approximate surface area is 127 Å². The van der Waals surface area contributed by atoms with E-state index in [0.717, 1.165) is 51.5 Å². The quantitative estimate of drug-likeness (QED) is 0.746. The Kier molecular flexibility index (Phi) is 5.28. The molecule has 0 bridgehead atoms. The zero-order chi connectivity index (χ0) is 15.5. The molecule has 1 amide bonds. The Morgan fingerprint density at radius 2 is 1.81 bits per heavy atom. The lowest BCUT2D eigenvalue weighted by Crippen LogP contribution is -2.38. The summed E-state index contributed by atoms with van der Waals surface area (Å²) in [4.78, 5) is 25.9. The first-order valence-electron chi connectivity index (χ1n) is 8.43. The molecule has 0 aromatic rings. The highest BCUT2D eigenvalue weighted by Crippen LogP contribution is 2.45. The smallest absolute Gasteiger partial charge is 0.303 e. The van der Waals surface area contributed by atoms with Gasteiger partial charge in [-0.3, -0.25) is 9.59 Å². The Balaban J connectivity index is 1.97. The van der Waals surface area contributed by atoms with E-state index in [-0.39, 0.29) is 17.7 Å². The molecule has 0 radical (unpaired) electrons. The van der Waals surface area contributed by atoms with Gasteiger partial charge in [-0.05, 0) is 43.4 Å². The molecule has 2 aliphatic carbocycles. The summed E-state index contributed by atoms with van der Waals surface area (Å²) in [5, 5.41) is 9.16. The van der Waals surface area contributed by atoms with Gasteiger partial charge in [0, 0.05) is 19.0 Å². The van der Waals surface area contributed by atoms with Crippen LogP contribution in [0.1, 0.15) is 71.6 Å². The number of nitrogens with zero attached hydrogens (tertiary/aromatic N) is 1. The molecule has 0 spiro atoms. The van der Waals surface area contributed by atoms with Crippen molar-refractivity contribution in [1.82, 2.24) is 4.90 Å². The van der Waals surface area contributed by atoms with Crippen LogP contribution >= 0.6 is 0 Å². The summed E-state index contributed by atoms with van der Waals surface area (Å²) >= 11 is 0. The highest BCUT2D eigenvalue weighted by molar-refractivity contribution is 5.79. The Bertz CT molecular complexity index is 381. The van der Waals surface area contributed by atoms with Crippen LogP contribution in [0.15, 0.2) is 0 Å². The maximum atomic E-state index is 12.7. The topological polar surface area (TPSA) is 57.6 Å². The summed E-state index contributed by atoms with van der Waals surface area (Å²) < 4.78 is 0. The standard InChI is InChI=1S/C17H29NO3/c1-13(2)7-10-18(14-5-6-14)15(19)11-17(12-16(20)21)8-3-4-9-17/h13-14H,3-12H2,1-2H3,(H,20,21). The molecule has 1 N–H and O–H groups in total. The predicted molar refractivity (Wildman–Crippen MR) is 82.0 cm³/mol. The molecular formula is C17H29NO3. The van der Waals surface area contributed by atoms with Crippen LogP contribution in [0.5, 0.6) is 0 Å². The summed E-state index contributed by atoms with van der Waals surface area (Å²) in [5.41, 5.74) is -0.270. The van der Waals surface area contributed by atoms with E-state index in [9.17, 15) is 9.59 Å². The van der Waals surface area contributed by atoms with E-state index < -0.39 is 5.97 Å². The second kappa shape index (κ2) is 6.80. The van der Waals surface area contributed by atoms with E-state index in [4.69, 9.17) is 5.11 Å². The second-order valence-corrected chi connectivity index (χ2v) is 7.46. The van der Waals surface area contributed by atoms with Crippen LogP contribution in [-0.2, 0) is 9.59 Å². The highest BCUT2D eigenvalue weighted by atomic mass is 16.4. The molecule has 21 heavy (non-hydrogen) atoms. The number of carbonyl (C=O) groups excluding carboxylic acids is 1. The lowest BCUT2D eigenvalue weighted by atomic mass is 9.79. The van der Waals surface area contributed by atoms with Gasteiger partial charge in [0.25, 0.3) is 0 Å². The Morgan fingerprint density at radius 3 is 2.29 bits per heavy atom.